The smallest absolute Gasteiger partial charge is 0.244 e. The summed E-state index contributed by atoms with van der Waals surface area (Å²) in [5.41, 5.74) is 6.29. The molecule has 5 nitrogen and oxygen atoms in total. The van der Waals surface area contributed by atoms with E-state index in [4.69, 9.17) is 10.5 Å². The first-order valence-electron chi connectivity index (χ1n) is 6.62. The van der Waals surface area contributed by atoms with Gasteiger partial charge in [-0.15, -0.1) is 0 Å². The molecule has 0 aliphatic carbocycles. The number of nitrogens with one attached hydrogen (secondary N) is 1. The zero-order valence-corrected chi connectivity index (χ0v) is 13.4. The van der Waals surface area contributed by atoms with E-state index in [9.17, 15) is 8.42 Å². The lowest BCUT2D eigenvalue weighted by atomic mass is 9.91. The van der Waals surface area contributed by atoms with Gasteiger partial charge in [-0.2, -0.15) is 0 Å². The number of rotatable bonds is 7. The summed E-state index contributed by atoms with van der Waals surface area (Å²) in [4.78, 5) is 0.143. The van der Waals surface area contributed by atoms with E-state index < -0.39 is 10.0 Å². The lowest BCUT2D eigenvalue weighted by molar-refractivity contribution is 0.349. The predicted molar refractivity (Wildman–Crippen MR) is 80.1 cm³/mol. The van der Waals surface area contributed by atoms with Gasteiger partial charge in [0.2, 0.25) is 10.0 Å². The second-order valence-electron chi connectivity index (χ2n) is 5.53. The van der Waals surface area contributed by atoms with E-state index in [0.29, 0.717) is 18.8 Å². The molecule has 0 aliphatic heterocycles. The van der Waals surface area contributed by atoms with Crippen LogP contribution in [-0.4, -0.2) is 22.1 Å². The summed E-state index contributed by atoms with van der Waals surface area (Å²) < 4.78 is 32.5. The Morgan fingerprint density at radius 1 is 1.35 bits per heavy atom. The topological polar surface area (TPSA) is 81.4 Å². The number of sulfonamides is 1. The van der Waals surface area contributed by atoms with Crippen LogP contribution >= 0.6 is 0 Å². The van der Waals surface area contributed by atoms with E-state index in [-0.39, 0.29) is 10.3 Å². The van der Waals surface area contributed by atoms with Gasteiger partial charge in [-0.3, -0.25) is 0 Å². The van der Waals surface area contributed by atoms with E-state index in [0.717, 1.165) is 12.0 Å². The Bertz CT molecular complexity index is 554. The minimum Gasteiger partial charge on any atom is -0.495 e. The van der Waals surface area contributed by atoms with Gasteiger partial charge in [-0.05, 0) is 29.5 Å². The maximum atomic E-state index is 12.4. The van der Waals surface area contributed by atoms with E-state index in [1.54, 1.807) is 12.1 Å². The molecule has 0 saturated heterocycles. The van der Waals surface area contributed by atoms with E-state index in [1.165, 1.54) is 13.2 Å². The number of benzene rings is 1. The minimum atomic E-state index is -3.59. The quantitative estimate of drug-likeness (QED) is 0.805. The van der Waals surface area contributed by atoms with E-state index in [1.807, 2.05) is 20.8 Å². The highest BCUT2D eigenvalue weighted by atomic mass is 32.2. The Kier molecular flexibility index (Phi) is 5.56. The fraction of sp³-hybridized carbons (Fsp3) is 0.571. The summed E-state index contributed by atoms with van der Waals surface area (Å²) in [6.45, 7) is 6.79. The van der Waals surface area contributed by atoms with Crippen molar-refractivity contribution in [3.63, 3.8) is 0 Å². The predicted octanol–water partition coefficient (Wildman–Crippen LogP) is 1.87. The molecule has 6 heteroatoms. The van der Waals surface area contributed by atoms with Crippen molar-refractivity contribution in [3.8, 4) is 5.75 Å². The molecule has 0 amide bonds. The van der Waals surface area contributed by atoms with Gasteiger partial charge in [0.05, 0.1) is 7.11 Å². The van der Waals surface area contributed by atoms with Crippen molar-refractivity contribution in [1.29, 1.82) is 0 Å². The van der Waals surface area contributed by atoms with Crippen LogP contribution in [-0.2, 0) is 16.6 Å². The Morgan fingerprint density at radius 3 is 2.50 bits per heavy atom. The maximum Gasteiger partial charge on any atom is 0.244 e. The molecule has 0 heterocycles. The van der Waals surface area contributed by atoms with Crippen molar-refractivity contribution in [1.82, 2.24) is 4.72 Å². The third kappa shape index (κ3) is 4.19. The van der Waals surface area contributed by atoms with Crippen molar-refractivity contribution in [2.24, 2.45) is 11.1 Å². The molecular weight excluding hydrogens is 276 g/mol. The zero-order chi connectivity index (χ0) is 15.4. The molecule has 0 aromatic heterocycles. The van der Waals surface area contributed by atoms with Crippen molar-refractivity contribution in [3.05, 3.63) is 23.8 Å². The largest absolute Gasteiger partial charge is 0.495 e. The molecular formula is C14H24N2O3S. The van der Waals surface area contributed by atoms with E-state index >= 15 is 0 Å². The lowest BCUT2D eigenvalue weighted by Gasteiger charge is -2.23. The van der Waals surface area contributed by atoms with Gasteiger partial charge in [0.15, 0.2) is 0 Å². The highest BCUT2D eigenvalue weighted by Crippen LogP contribution is 2.26. The molecule has 0 saturated carbocycles. The summed E-state index contributed by atoms with van der Waals surface area (Å²) in [6, 6.07) is 4.88. The normalized spacial score (nSPS) is 12.4. The third-order valence-electron chi connectivity index (χ3n) is 3.45. The fourth-order valence-corrected chi connectivity index (χ4v) is 2.94. The monoisotopic (exact) mass is 300 g/mol. The average Bonchev–Trinajstić information content (AvgIpc) is 2.44. The van der Waals surface area contributed by atoms with Gasteiger partial charge in [0.1, 0.15) is 10.6 Å². The molecule has 0 atom stereocenters. The summed E-state index contributed by atoms with van der Waals surface area (Å²) >= 11 is 0. The molecule has 0 aliphatic rings. The molecule has 3 N–H and O–H groups in total. The molecule has 0 bridgehead atoms. The summed E-state index contributed by atoms with van der Waals surface area (Å²) in [5.74, 6) is 0.315. The summed E-state index contributed by atoms with van der Waals surface area (Å²) in [7, 11) is -2.14. The first-order chi connectivity index (χ1) is 9.25. The molecule has 0 fully saturated rings. The first kappa shape index (κ1) is 16.9. The number of ether oxygens (including phenoxy) is 1. The van der Waals surface area contributed by atoms with Crippen LogP contribution in [0.25, 0.3) is 0 Å². The standard InChI is InChI=1S/C14H24N2O3S/c1-5-14(2,3)10-16-20(17,18)13-7-6-11(9-15)8-12(13)19-4/h6-8,16H,5,9-10,15H2,1-4H3. The van der Waals surface area contributed by atoms with Gasteiger partial charge in [0, 0.05) is 13.1 Å². The first-order valence-corrected chi connectivity index (χ1v) is 8.10. The number of methoxy groups -OCH3 is 1. The number of hydrogen-bond acceptors (Lipinski definition) is 4. The lowest BCUT2D eigenvalue weighted by Crippen LogP contribution is -2.33. The van der Waals surface area contributed by atoms with Crippen LogP contribution in [0.1, 0.15) is 32.8 Å². The SMILES string of the molecule is CCC(C)(C)CNS(=O)(=O)c1ccc(CN)cc1OC. The maximum absolute atomic E-state index is 12.4. The van der Waals surface area contributed by atoms with Crippen LogP contribution in [0, 0.1) is 5.41 Å². The van der Waals surface area contributed by atoms with Crippen LogP contribution < -0.4 is 15.2 Å². The average molecular weight is 300 g/mol. The summed E-state index contributed by atoms with van der Waals surface area (Å²) in [6.07, 6.45) is 0.888. The van der Waals surface area contributed by atoms with Crippen LogP contribution in [0.15, 0.2) is 23.1 Å². The van der Waals surface area contributed by atoms with Gasteiger partial charge in [-0.1, -0.05) is 26.8 Å². The molecule has 0 spiro atoms. The summed E-state index contributed by atoms with van der Waals surface area (Å²) in [5, 5.41) is 0. The minimum absolute atomic E-state index is 0.0858. The Morgan fingerprint density at radius 2 is 2.00 bits per heavy atom. The van der Waals surface area contributed by atoms with Crippen LogP contribution in [0.4, 0.5) is 0 Å². The van der Waals surface area contributed by atoms with Crippen LogP contribution in [0.5, 0.6) is 5.75 Å². The van der Waals surface area contributed by atoms with Gasteiger partial charge in [-0.25, -0.2) is 13.1 Å². The second kappa shape index (κ2) is 6.56. The van der Waals surface area contributed by atoms with Crippen molar-refractivity contribution in [2.45, 2.75) is 38.6 Å². The molecule has 20 heavy (non-hydrogen) atoms. The van der Waals surface area contributed by atoms with Crippen LogP contribution in [0.2, 0.25) is 0 Å². The fourth-order valence-electron chi connectivity index (χ4n) is 1.55. The van der Waals surface area contributed by atoms with Gasteiger partial charge < -0.3 is 10.5 Å². The molecule has 1 rings (SSSR count). The molecule has 114 valence electrons. The van der Waals surface area contributed by atoms with Crippen LogP contribution in [0.3, 0.4) is 0 Å². The van der Waals surface area contributed by atoms with Crippen molar-refractivity contribution >= 4 is 10.0 Å². The van der Waals surface area contributed by atoms with E-state index in [2.05, 4.69) is 4.72 Å². The Hall–Kier alpha value is -1.11. The highest BCUT2D eigenvalue weighted by molar-refractivity contribution is 7.89. The number of hydrogen-bond donors (Lipinski definition) is 2. The third-order valence-corrected chi connectivity index (χ3v) is 4.89. The molecule has 1 aromatic carbocycles. The molecule has 0 radical (unpaired) electrons. The molecule has 0 unspecified atom stereocenters. The van der Waals surface area contributed by atoms with Gasteiger partial charge in [0.25, 0.3) is 0 Å². The zero-order valence-electron chi connectivity index (χ0n) is 12.6. The van der Waals surface area contributed by atoms with Crippen molar-refractivity contribution in [2.75, 3.05) is 13.7 Å². The number of nitrogens with two attached hydrogens (primary N) is 1. The Labute approximate surface area is 121 Å². The van der Waals surface area contributed by atoms with Crippen molar-refractivity contribution < 1.29 is 13.2 Å². The Balaban J connectivity index is 3.03. The second-order valence-corrected chi connectivity index (χ2v) is 7.27. The molecule has 1 aromatic rings. The highest BCUT2D eigenvalue weighted by Gasteiger charge is 2.23. The van der Waals surface area contributed by atoms with Gasteiger partial charge >= 0.3 is 0 Å².